The van der Waals surface area contributed by atoms with Crippen LogP contribution in [0.4, 0.5) is 11.4 Å². The van der Waals surface area contributed by atoms with Crippen LogP contribution in [-0.4, -0.2) is 36.5 Å². The average molecular weight is 379 g/mol. The monoisotopic (exact) mass is 378 g/mol. The molecule has 1 fully saturated rings. The SMILES string of the molecule is NS(=O)(=O)CC1CC(=O)N(c2c(Br)cncc2[N+](=O)[O-])C1. The second-order valence-corrected chi connectivity index (χ2v) is 7.16. The first kappa shape index (κ1) is 15.8. The minimum atomic E-state index is -3.71. The minimum Gasteiger partial charge on any atom is -0.305 e. The van der Waals surface area contributed by atoms with Crippen LogP contribution in [0, 0.1) is 16.0 Å². The molecule has 1 atom stereocenters. The number of primary sulfonamides is 1. The zero-order valence-electron chi connectivity index (χ0n) is 10.6. The molecule has 9 nitrogen and oxygen atoms in total. The summed E-state index contributed by atoms with van der Waals surface area (Å²) in [6, 6.07) is 0. The van der Waals surface area contributed by atoms with E-state index in [0.29, 0.717) is 4.47 Å². The van der Waals surface area contributed by atoms with Crippen LogP contribution in [0.1, 0.15) is 6.42 Å². The van der Waals surface area contributed by atoms with Gasteiger partial charge in [-0.3, -0.25) is 19.9 Å². The summed E-state index contributed by atoms with van der Waals surface area (Å²) in [5, 5.41) is 16.0. The number of nitrogens with two attached hydrogens (primary N) is 1. The summed E-state index contributed by atoms with van der Waals surface area (Å²) in [4.78, 5) is 27.3. The van der Waals surface area contributed by atoms with Crippen LogP contribution in [0.25, 0.3) is 0 Å². The van der Waals surface area contributed by atoms with Gasteiger partial charge in [-0.2, -0.15) is 0 Å². The zero-order valence-corrected chi connectivity index (χ0v) is 13.0. The fraction of sp³-hybridized carbons (Fsp3) is 0.400. The fourth-order valence-corrected chi connectivity index (χ4v) is 3.67. The van der Waals surface area contributed by atoms with Gasteiger partial charge >= 0.3 is 5.69 Å². The zero-order chi connectivity index (χ0) is 15.8. The molecule has 21 heavy (non-hydrogen) atoms. The van der Waals surface area contributed by atoms with Crippen LogP contribution in [0.5, 0.6) is 0 Å². The highest BCUT2D eigenvalue weighted by Gasteiger charge is 2.37. The highest BCUT2D eigenvalue weighted by Crippen LogP contribution is 2.38. The fourth-order valence-electron chi connectivity index (χ4n) is 2.26. The highest BCUT2D eigenvalue weighted by molar-refractivity contribution is 9.10. The Hall–Kier alpha value is -1.59. The summed E-state index contributed by atoms with van der Waals surface area (Å²) in [6.07, 6.45) is 2.35. The van der Waals surface area contributed by atoms with Gasteiger partial charge in [-0.15, -0.1) is 0 Å². The van der Waals surface area contributed by atoms with E-state index in [9.17, 15) is 23.3 Å². The van der Waals surface area contributed by atoms with Gasteiger partial charge in [0.25, 0.3) is 0 Å². The van der Waals surface area contributed by atoms with Crippen LogP contribution in [-0.2, 0) is 14.8 Å². The van der Waals surface area contributed by atoms with Crippen molar-refractivity contribution in [1.29, 1.82) is 0 Å². The lowest BCUT2D eigenvalue weighted by Gasteiger charge is -2.17. The van der Waals surface area contributed by atoms with Gasteiger partial charge in [0.05, 0.1) is 15.1 Å². The number of nitrogens with zero attached hydrogens (tertiary/aromatic N) is 3. The quantitative estimate of drug-likeness (QED) is 0.594. The molecule has 2 N–H and O–H groups in total. The Balaban J connectivity index is 2.36. The molecule has 2 rings (SSSR count). The van der Waals surface area contributed by atoms with Crippen LogP contribution >= 0.6 is 15.9 Å². The van der Waals surface area contributed by atoms with Gasteiger partial charge < -0.3 is 4.90 Å². The Morgan fingerprint density at radius 2 is 2.19 bits per heavy atom. The van der Waals surface area contributed by atoms with Crippen LogP contribution in [0.15, 0.2) is 16.9 Å². The lowest BCUT2D eigenvalue weighted by molar-refractivity contribution is -0.384. The molecule has 0 bridgehead atoms. The molecule has 0 aliphatic carbocycles. The molecule has 0 spiro atoms. The number of nitro groups is 1. The number of hydrogen-bond donors (Lipinski definition) is 1. The van der Waals surface area contributed by atoms with Crippen molar-refractivity contribution in [1.82, 2.24) is 4.98 Å². The summed E-state index contributed by atoms with van der Waals surface area (Å²) in [7, 11) is -3.71. The maximum Gasteiger partial charge on any atom is 0.312 e. The summed E-state index contributed by atoms with van der Waals surface area (Å²) in [5.74, 6) is -1.23. The number of pyridine rings is 1. The van der Waals surface area contributed by atoms with Crippen LogP contribution < -0.4 is 10.0 Å². The topological polar surface area (TPSA) is 136 Å². The Labute approximate surface area is 128 Å². The van der Waals surface area contributed by atoms with E-state index in [1.807, 2.05) is 0 Å². The Bertz CT molecular complexity index is 707. The van der Waals surface area contributed by atoms with Crippen molar-refractivity contribution in [3.63, 3.8) is 0 Å². The summed E-state index contributed by atoms with van der Waals surface area (Å²) in [5.41, 5.74) is -0.245. The van der Waals surface area contributed by atoms with Gasteiger partial charge in [0.2, 0.25) is 15.9 Å². The first-order chi connectivity index (χ1) is 9.69. The molecule has 11 heteroatoms. The summed E-state index contributed by atoms with van der Waals surface area (Å²) < 4.78 is 22.5. The second kappa shape index (κ2) is 5.66. The number of halogens is 1. The molecule has 0 saturated carbocycles. The van der Waals surface area contributed by atoms with Crippen molar-refractivity contribution in [2.75, 3.05) is 17.2 Å². The molecule has 1 aromatic rings. The maximum absolute atomic E-state index is 12.0. The largest absolute Gasteiger partial charge is 0.312 e. The van der Waals surface area contributed by atoms with Gasteiger partial charge in [-0.1, -0.05) is 0 Å². The number of rotatable bonds is 4. The number of carbonyl (C=O) groups excluding carboxylic acids is 1. The predicted octanol–water partition coefficient (Wildman–Crippen LogP) is 0.394. The second-order valence-electron chi connectivity index (χ2n) is 4.65. The summed E-state index contributed by atoms with van der Waals surface area (Å²) >= 11 is 3.13. The predicted molar refractivity (Wildman–Crippen MR) is 77.0 cm³/mol. The smallest absolute Gasteiger partial charge is 0.305 e. The molecule has 0 radical (unpaired) electrons. The number of amides is 1. The number of aromatic nitrogens is 1. The molecule has 0 aromatic carbocycles. The lowest BCUT2D eigenvalue weighted by atomic mass is 10.1. The molecule has 1 unspecified atom stereocenters. The van der Waals surface area contributed by atoms with Crippen molar-refractivity contribution >= 4 is 43.2 Å². The lowest BCUT2D eigenvalue weighted by Crippen LogP contribution is -2.28. The van der Waals surface area contributed by atoms with Crippen LogP contribution in [0.2, 0.25) is 0 Å². The third-order valence-corrected chi connectivity index (χ3v) is 4.51. The van der Waals surface area contributed by atoms with Crippen LogP contribution in [0.3, 0.4) is 0 Å². The summed E-state index contributed by atoms with van der Waals surface area (Å²) in [6.45, 7) is 0.0543. The Kier molecular flexibility index (Phi) is 4.25. The Morgan fingerprint density at radius 3 is 2.76 bits per heavy atom. The molecule has 2 heterocycles. The van der Waals surface area contributed by atoms with Gasteiger partial charge in [0.1, 0.15) is 11.9 Å². The number of sulfonamides is 1. The van der Waals surface area contributed by atoms with Gasteiger partial charge in [-0.05, 0) is 15.9 Å². The number of carbonyl (C=O) groups is 1. The van der Waals surface area contributed by atoms with E-state index in [1.54, 1.807) is 0 Å². The van der Waals surface area contributed by atoms with E-state index in [4.69, 9.17) is 5.14 Å². The minimum absolute atomic E-state index is 0.0254. The molecule has 1 aliphatic rings. The van der Waals surface area contributed by atoms with Crippen molar-refractivity contribution in [2.24, 2.45) is 11.1 Å². The van der Waals surface area contributed by atoms with Crippen molar-refractivity contribution in [3.8, 4) is 0 Å². The van der Waals surface area contributed by atoms with E-state index < -0.39 is 26.8 Å². The van der Waals surface area contributed by atoms with E-state index in [2.05, 4.69) is 20.9 Å². The molecule has 1 aliphatic heterocycles. The third kappa shape index (κ3) is 3.54. The van der Waals surface area contributed by atoms with Crippen molar-refractivity contribution < 1.29 is 18.1 Å². The van der Waals surface area contributed by atoms with Crippen molar-refractivity contribution in [3.05, 3.63) is 27.0 Å². The molecular weight excluding hydrogens is 368 g/mol. The van der Waals surface area contributed by atoms with Gasteiger partial charge in [0.15, 0.2) is 0 Å². The van der Waals surface area contributed by atoms with E-state index in [1.165, 1.54) is 11.1 Å². The maximum atomic E-state index is 12.0. The van der Waals surface area contributed by atoms with E-state index in [0.717, 1.165) is 6.20 Å². The Morgan fingerprint density at radius 1 is 1.52 bits per heavy atom. The first-order valence-corrected chi connectivity index (χ1v) is 8.28. The molecule has 1 saturated heterocycles. The van der Waals surface area contributed by atoms with Gasteiger partial charge in [-0.25, -0.2) is 13.6 Å². The van der Waals surface area contributed by atoms with E-state index >= 15 is 0 Å². The average Bonchev–Trinajstić information content (AvgIpc) is 2.66. The van der Waals surface area contributed by atoms with Gasteiger partial charge in [0, 0.05) is 25.1 Å². The first-order valence-electron chi connectivity index (χ1n) is 5.78. The van der Waals surface area contributed by atoms with E-state index in [-0.39, 0.29) is 30.1 Å². The molecule has 114 valence electrons. The third-order valence-electron chi connectivity index (χ3n) is 2.99. The standard InChI is InChI=1S/C10H11BrN4O5S/c11-7-2-13-3-8(15(17)18)10(7)14-4-6(1-9(14)16)5-21(12,19)20/h2-3,6H,1,4-5H2,(H2,12,19,20). The number of hydrogen-bond acceptors (Lipinski definition) is 6. The molecule has 1 aromatic heterocycles. The molecule has 1 amide bonds. The number of anilines is 1. The van der Waals surface area contributed by atoms with Crippen molar-refractivity contribution in [2.45, 2.75) is 6.42 Å². The highest BCUT2D eigenvalue weighted by atomic mass is 79.9. The normalized spacial score (nSPS) is 19.0. The molecular formula is C10H11BrN4O5S.